The van der Waals surface area contributed by atoms with E-state index < -0.39 is 0 Å². The lowest BCUT2D eigenvalue weighted by Gasteiger charge is -2.15. The van der Waals surface area contributed by atoms with Crippen LogP contribution in [0.4, 0.5) is 5.82 Å². The highest BCUT2D eigenvalue weighted by Crippen LogP contribution is 2.22. The Hall–Kier alpha value is -0.880. The van der Waals surface area contributed by atoms with Crippen molar-refractivity contribution in [2.24, 2.45) is 0 Å². The van der Waals surface area contributed by atoms with Crippen LogP contribution < -0.4 is 10.6 Å². The summed E-state index contributed by atoms with van der Waals surface area (Å²) >= 11 is 8.98. The number of nitrogens with one attached hydrogen (secondary N) is 2. The molecular formula is C10H12BrClN4O. The second-order valence-corrected chi connectivity index (χ2v) is 5.18. The second-order valence-electron chi connectivity index (χ2n) is 3.98. The molecule has 0 bridgehead atoms. The van der Waals surface area contributed by atoms with Gasteiger partial charge in [0.15, 0.2) is 0 Å². The molecule has 0 spiro atoms. The Kier molecular flexibility index (Phi) is 3.83. The van der Waals surface area contributed by atoms with Gasteiger partial charge in [-0.05, 0) is 47.3 Å². The maximum Gasteiger partial charge on any atom is 0.242 e. The van der Waals surface area contributed by atoms with Gasteiger partial charge in [-0.25, -0.2) is 4.98 Å². The molecule has 92 valence electrons. The zero-order chi connectivity index (χ0) is 12.4. The minimum Gasteiger partial charge on any atom is -0.358 e. The smallest absolute Gasteiger partial charge is 0.242 e. The average molecular weight is 320 g/mol. The van der Waals surface area contributed by atoms with E-state index in [1.54, 1.807) is 13.1 Å². The summed E-state index contributed by atoms with van der Waals surface area (Å²) < 4.78 is 0.674. The van der Waals surface area contributed by atoms with E-state index in [0.717, 1.165) is 12.8 Å². The highest BCUT2D eigenvalue weighted by Gasteiger charge is 2.25. The molecule has 1 aliphatic rings. The predicted molar refractivity (Wildman–Crippen MR) is 69.0 cm³/mol. The molecule has 2 rings (SSSR count). The van der Waals surface area contributed by atoms with E-state index in [4.69, 9.17) is 11.6 Å². The minimum atomic E-state index is -0.363. The molecule has 1 unspecified atom stereocenters. The molecule has 1 aromatic heterocycles. The number of carbonyl (C=O) groups excluding carboxylic acids is 1. The van der Waals surface area contributed by atoms with E-state index in [-0.39, 0.29) is 17.2 Å². The van der Waals surface area contributed by atoms with Gasteiger partial charge in [0, 0.05) is 12.2 Å². The quantitative estimate of drug-likeness (QED) is 0.833. The lowest BCUT2D eigenvalue weighted by Crippen LogP contribution is -2.38. The molecule has 17 heavy (non-hydrogen) atoms. The fourth-order valence-corrected chi connectivity index (χ4v) is 1.71. The number of nitrogens with zero attached hydrogens (tertiary/aromatic N) is 2. The number of rotatable bonds is 4. The molecule has 7 heteroatoms. The monoisotopic (exact) mass is 318 g/mol. The van der Waals surface area contributed by atoms with Gasteiger partial charge in [-0.3, -0.25) is 4.79 Å². The van der Waals surface area contributed by atoms with Crippen molar-refractivity contribution in [3.05, 3.63) is 16.0 Å². The molecule has 1 fully saturated rings. The average Bonchev–Trinajstić information content (AvgIpc) is 3.07. The third-order valence-corrected chi connectivity index (χ3v) is 3.15. The van der Waals surface area contributed by atoms with Gasteiger partial charge in [-0.2, -0.15) is 4.98 Å². The Morgan fingerprint density at radius 1 is 1.65 bits per heavy atom. The molecule has 0 aliphatic heterocycles. The van der Waals surface area contributed by atoms with Gasteiger partial charge < -0.3 is 10.6 Å². The maximum absolute atomic E-state index is 11.7. The van der Waals surface area contributed by atoms with Crippen LogP contribution in [0.3, 0.4) is 0 Å². The zero-order valence-corrected chi connectivity index (χ0v) is 11.5. The first-order chi connectivity index (χ1) is 8.06. The van der Waals surface area contributed by atoms with Crippen molar-refractivity contribution in [3.63, 3.8) is 0 Å². The Morgan fingerprint density at radius 2 is 2.35 bits per heavy atom. The molecule has 1 atom stereocenters. The van der Waals surface area contributed by atoms with Crippen molar-refractivity contribution in [2.75, 3.05) is 5.32 Å². The first kappa shape index (κ1) is 12.6. The van der Waals surface area contributed by atoms with Crippen LogP contribution in [0.1, 0.15) is 19.8 Å². The molecule has 1 amide bonds. The van der Waals surface area contributed by atoms with Crippen LogP contribution >= 0.6 is 27.5 Å². The van der Waals surface area contributed by atoms with Crippen LogP contribution in [0.2, 0.25) is 5.28 Å². The molecule has 2 N–H and O–H groups in total. The molecule has 1 heterocycles. The number of anilines is 1. The maximum atomic E-state index is 11.7. The van der Waals surface area contributed by atoms with Gasteiger partial charge in [0.05, 0.1) is 4.47 Å². The van der Waals surface area contributed by atoms with Gasteiger partial charge in [0.1, 0.15) is 11.9 Å². The van der Waals surface area contributed by atoms with Crippen molar-refractivity contribution in [2.45, 2.75) is 31.8 Å². The second kappa shape index (κ2) is 5.18. The van der Waals surface area contributed by atoms with E-state index in [9.17, 15) is 4.79 Å². The molecular weight excluding hydrogens is 307 g/mol. The first-order valence-corrected chi connectivity index (χ1v) is 6.48. The summed E-state index contributed by atoms with van der Waals surface area (Å²) in [6.07, 6.45) is 3.69. The summed E-state index contributed by atoms with van der Waals surface area (Å²) in [6.45, 7) is 1.78. The molecule has 1 aromatic rings. The molecule has 0 aromatic carbocycles. The van der Waals surface area contributed by atoms with Gasteiger partial charge >= 0.3 is 0 Å². The Morgan fingerprint density at radius 3 is 3.00 bits per heavy atom. The Bertz CT molecular complexity index is 438. The van der Waals surface area contributed by atoms with Gasteiger partial charge in [0.2, 0.25) is 11.2 Å². The van der Waals surface area contributed by atoms with Gasteiger partial charge in [-0.1, -0.05) is 0 Å². The molecule has 0 saturated heterocycles. The van der Waals surface area contributed by atoms with E-state index in [1.807, 2.05) is 0 Å². The largest absolute Gasteiger partial charge is 0.358 e. The van der Waals surface area contributed by atoms with Crippen LogP contribution in [0, 0.1) is 0 Å². The lowest BCUT2D eigenvalue weighted by atomic mass is 10.3. The normalized spacial score (nSPS) is 16.4. The predicted octanol–water partition coefficient (Wildman–Crippen LogP) is 1.97. The number of aromatic nitrogens is 2. The number of hydrogen-bond donors (Lipinski definition) is 2. The fourth-order valence-electron chi connectivity index (χ4n) is 1.27. The van der Waals surface area contributed by atoms with Crippen molar-refractivity contribution in [3.8, 4) is 0 Å². The lowest BCUT2D eigenvalue weighted by molar-refractivity contribution is -0.121. The van der Waals surface area contributed by atoms with Crippen molar-refractivity contribution >= 4 is 39.3 Å². The molecule has 5 nitrogen and oxygen atoms in total. The number of carbonyl (C=O) groups is 1. The minimum absolute atomic E-state index is 0.0332. The summed E-state index contributed by atoms with van der Waals surface area (Å²) in [7, 11) is 0. The summed E-state index contributed by atoms with van der Waals surface area (Å²) in [6, 6.07) is -0.0120. The third kappa shape index (κ3) is 3.54. The van der Waals surface area contributed by atoms with E-state index in [2.05, 4.69) is 36.5 Å². The van der Waals surface area contributed by atoms with E-state index in [0.29, 0.717) is 16.3 Å². The van der Waals surface area contributed by atoms with Crippen LogP contribution in [-0.2, 0) is 4.79 Å². The van der Waals surface area contributed by atoms with Gasteiger partial charge in [0.25, 0.3) is 0 Å². The standard InChI is InChI=1S/C10H12BrClN4O/c1-5(9(17)15-6-2-3-6)14-8-7(11)4-13-10(12)16-8/h4-6H,2-3H2,1H3,(H,15,17)(H,13,14,16). The summed E-state index contributed by atoms with van der Waals surface area (Å²) in [5.41, 5.74) is 0. The Labute approximate surface area is 112 Å². The molecule has 1 aliphatic carbocycles. The number of halogens is 2. The number of amides is 1. The van der Waals surface area contributed by atoms with Crippen LogP contribution in [-0.4, -0.2) is 28.0 Å². The third-order valence-electron chi connectivity index (χ3n) is 2.38. The zero-order valence-electron chi connectivity index (χ0n) is 9.20. The molecule has 1 saturated carbocycles. The summed E-state index contributed by atoms with van der Waals surface area (Å²) in [4.78, 5) is 19.6. The summed E-state index contributed by atoms with van der Waals surface area (Å²) in [5, 5.41) is 6.05. The van der Waals surface area contributed by atoms with Crippen LogP contribution in [0.25, 0.3) is 0 Å². The van der Waals surface area contributed by atoms with E-state index in [1.165, 1.54) is 0 Å². The Balaban J connectivity index is 1.98. The van der Waals surface area contributed by atoms with Crippen LogP contribution in [0.5, 0.6) is 0 Å². The molecule has 0 radical (unpaired) electrons. The van der Waals surface area contributed by atoms with Gasteiger partial charge in [-0.15, -0.1) is 0 Å². The highest BCUT2D eigenvalue weighted by atomic mass is 79.9. The van der Waals surface area contributed by atoms with Crippen LogP contribution in [0.15, 0.2) is 10.7 Å². The van der Waals surface area contributed by atoms with Crippen molar-refractivity contribution in [1.29, 1.82) is 0 Å². The SMILES string of the molecule is CC(Nc1nc(Cl)ncc1Br)C(=O)NC1CC1. The first-order valence-electron chi connectivity index (χ1n) is 5.31. The highest BCUT2D eigenvalue weighted by molar-refractivity contribution is 9.10. The number of hydrogen-bond acceptors (Lipinski definition) is 4. The fraction of sp³-hybridized carbons (Fsp3) is 0.500. The topological polar surface area (TPSA) is 66.9 Å². The van der Waals surface area contributed by atoms with E-state index >= 15 is 0 Å². The van der Waals surface area contributed by atoms with Crippen molar-refractivity contribution < 1.29 is 4.79 Å². The van der Waals surface area contributed by atoms with Crippen molar-refractivity contribution in [1.82, 2.24) is 15.3 Å². The summed E-state index contributed by atoms with van der Waals surface area (Å²) in [5.74, 6) is 0.484.